The van der Waals surface area contributed by atoms with Crippen molar-refractivity contribution in [3.8, 4) is 11.5 Å². The molecule has 0 saturated heterocycles. The monoisotopic (exact) mass is 523 g/mol. The van der Waals surface area contributed by atoms with E-state index in [1.807, 2.05) is 30.3 Å². The van der Waals surface area contributed by atoms with Crippen molar-refractivity contribution in [2.45, 2.75) is 19.3 Å². The normalized spacial score (nSPS) is 12.1. The molecule has 0 spiro atoms. The fraction of sp³-hybridized carbons (Fsp3) is 0.259. The van der Waals surface area contributed by atoms with Crippen molar-refractivity contribution in [2.24, 2.45) is 0 Å². The second-order valence-corrected chi connectivity index (χ2v) is 10.5. The molecule has 10 heteroatoms. The quantitative estimate of drug-likeness (QED) is 0.397. The van der Waals surface area contributed by atoms with E-state index in [0.717, 1.165) is 11.8 Å². The zero-order valence-corrected chi connectivity index (χ0v) is 21.3. The molecule has 3 aromatic rings. The number of carbonyl (C=O) groups excluding carboxylic acids is 2. The Morgan fingerprint density at radius 2 is 1.68 bits per heavy atom. The highest BCUT2D eigenvalue weighted by Crippen LogP contribution is 2.36. The smallest absolute Gasteiger partial charge is 0.253 e. The van der Waals surface area contributed by atoms with Crippen molar-refractivity contribution in [1.29, 1.82) is 0 Å². The van der Waals surface area contributed by atoms with Gasteiger partial charge in [0.1, 0.15) is 0 Å². The van der Waals surface area contributed by atoms with Crippen molar-refractivity contribution in [1.82, 2.24) is 5.32 Å². The summed E-state index contributed by atoms with van der Waals surface area (Å²) in [7, 11) is -3.59. The Morgan fingerprint density at radius 3 is 2.46 bits per heavy atom. The molecule has 0 radical (unpaired) electrons. The number of carbonyl (C=O) groups is 2. The lowest BCUT2D eigenvalue weighted by molar-refractivity contribution is -0.116. The lowest BCUT2D eigenvalue weighted by atomic mass is 10.1. The number of fused-ring (bicyclic) bond motifs is 1. The van der Waals surface area contributed by atoms with Crippen LogP contribution in [-0.4, -0.2) is 46.4 Å². The molecule has 3 aromatic carbocycles. The standard InChI is InChI=1S/C27H29N3O6S/c1-37(33,34)30(21-13-14-24-25(18-21)36-19-35-24)17-7-12-26(31)29-23-11-6-5-10-22(23)27(32)28-16-15-20-8-3-2-4-9-20/h2-6,8-11,13-14,18H,7,12,15-17,19H2,1H3,(H,28,32)(H,29,31). The fourth-order valence-electron chi connectivity index (χ4n) is 3.97. The van der Waals surface area contributed by atoms with Gasteiger partial charge in [0.25, 0.3) is 5.91 Å². The molecule has 0 aliphatic carbocycles. The number of hydrogen-bond donors (Lipinski definition) is 2. The molecular formula is C27H29N3O6S. The van der Waals surface area contributed by atoms with Crippen LogP contribution in [0.15, 0.2) is 72.8 Å². The van der Waals surface area contributed by atoms with Crippen molar-refractivity contribution in [3.63, 3.8) is 0 Å². The van der Waals surface area contributed by atoms with Crippen molar-refractivity contribution in [3.05, 3.63) is 83.9 Å². The summed E-state index contributed by atoms with van der Waals surface area (Å²) in [6.07, 6.45) is 2.16. The van der Waals surface area contributed by atoms with Crippen LogP contribution >= 0.6 is 0 Å². The lowest BCUT2D eigenvalue weighted by Gasteiger charge is -2.22. The molecule has 0 atom stereocenters. The molecule has 1 heterocycles. The van der Waals surface area contributed by atoms with Gasteiger partial charge in [-0.15, -0.1) is 0 Å². The van der Waals surface area contributed by atoms with E-state index in [9.17, 15) is 18.0 Å². The topological polar surface area (TPSA) is 114 Å². The number of anilines is 2. The number of para-hydroxylation sites is 1. The minimum absolute atomic E-state index is 0.0700. The molecule has 0 fully saturated rings. The number of hydrogen-bond acceptors (Lipinski definition) is 6. The Morgan fingerprint density at radius 1 is 0.946 bits per heavy atom. The Balaban J connectivity index is 1.32. The summed E-state index contributed by atoms with van der Waals surface area (Å²) >= 11 is 0. The Kier molecular flexibility index (Phi) is 8.29. The van der Waals surface area contributed by atoms with Crippen LogP contribution in [0.4, 0.5) is 11.4 Å². The summed E-state index contributed by atoms with van der Waals surface area (Å²) in [5.41, 5.74) is 2.32. The van der Waals surface area contributed by atoms with Crippen LogP contribution in [0.25, 0.3) is 0 Å². The van der Waals surface area contributed by atoms with Crippen LogP contribution < -0.4 is 24.4 Å². The predicted molar refractivity (Wildman–Crippen MR) is 142 cm³/mol. The van der Waals surface area contributed by atoms with Gasteiger partial charge in [0.15, 0.2) is 11.5 Å². The zero-order chi connectivity index (χ0) is 26.3. The van der Waals surface area contributed by atoms with Crippen molar-refractivity contribution in [2.75, 3.05) is 35.8 Å². The number of rotatable bonds is 11. The van der Waals surface area contributed by atoms with Crippen LogP contribution in [0.2, 0.25) is 0 Å². The van der Waals surface area contributed by atoms with E-state index in [4.69, 9.17) is 9.47 Å². The Hall–Kier alpha value is -4.05. The van der Waals surface area contributed by atoms with Gasteiger partial charge in [0.2, 0.25) is 22.7 Å². The third-order valence-corrected chi connectivity index (χ3v) is 6.99. The maximum Gasteiger partial charge on any atom is 0.253 e. The van der Waals surface area contributed by atoms with Crippen molar-refractivity contribution < 1.29 is 27.5 Å². The van der Waals surface area contributed by atoms with Crippen molar-refractivity contribution >= 4 is 33.2 Å². The first kappa shape index (κ1) is 26.0. The SMILES string of the molecule is CS(=O)(=O)N(CCCC(=O)Nc1ccccc1C(=O)NCCc1ccccc1)c1ccc2c(c1)OCO2. The fourth-order valence-corrected chi connectivity index (χ4v) is 4.93. The summed E-state index contributed by atoms with van der Waals surface area (Å²) in [6, 6.07) is 21.5. The summed E-state index contributed by atoms with van der Waals surface area (Å²) < 4.78 is 36.7. The summed E-state index contributed by atoms with van der Waals surface area (Å²) in [5, 5.41) is 5.67. The van der Waals surface area contributed by atoms with E-state index in [-0.39, 0.29) is 38.0 Å². The van der Waals surface area contributed by atoms with Crippen LogP contribution in [0.3, 0.4) is 0 Å². The van der Waals surface area contributed by atoms with Gasteiger partial charge >= 0.3 is 0 Å². The average Bonchev–Trinajstić information content (AvgIpc) is 3.35. The van der Waals surface area contributed by atoms with E-state index in [1.165, 1.54) is 4.31 Å². The van der Waals surface area contributed by atoms with E-state index >= 15 is 0 Å². The largest absolute Gasteiger partial charge is 0.454 e. The highest BCUT2D eigenvalue weighted by molar-refractivity contribution is 7.92. The van der Waals surface area contributed by atoms with E-state index in [1.54, 1.807) is 42.5 Å². The first-order valence-corrected chi connectivity index (χ1v) is 13.7. The number of sulfonamides is 1. The first-order chi connectivity index (χ1) is 17.8. The van der Waals surface area contributed by atoms with Gasteiger partial charge in [-0.1, -0.05) is 42.5 Å². The molecule has 0 unspecified atom stereocenters. The molecule has 4 rings (SSSR count). The molecular weight excluding hydrogens is 494 g/mol. The number of benzene rings is 3. The number of amides is 2. The molecule has 1 aliphatic rings. The van der Waals surface area contributed by atoms with Gasteiger partial charge in [-0.3, -0.25) is 13.9 Å². The van der Waals surface area contributed by atoms with Gasteiger partial charge in [-0.05, 0) is 42.7 Å². The third-order valence-electron chi connectivity index (χ3n) is 5.80. The average molecular weight is 524 g/mol. The minimum Gasteiger partial charge on any atom is -0.454 e. The van der Waals surface area contributed by atoms with Gasteiger partial charge in [0, 0.05) is 25.6 Å². The minimum atomic E-state index is -3.59. The van der Waals surface area contributed by atoms with Crippen LogP contribution in [0.1, 0.15) is 28.8 Å². The first-order valence-electron chi connectivity index (χ1n) is 11.9. The van der Waals surface area contributed by atoms with E-state index in [0.29, 0.717) is 41.4 Å². The zero-order valence-electron chi connectivity index (χ0n) is 20.5. The molecule has 0 aromatic heterocycles. The van der Waals surface area contributed by atoms with E-state index in [2.05, 4.69) is 10.6 Å². The number of ether oxygens (including phenoxy) is 2. The van der Waals surface area contributed by atoms with Gasteiger partial charge in [-0.25, -0.2) is 8.42 Å². The molecule has 2 N–H and O–H groups in total. The molecule has 0 bridgehead atoms. The highest BCUT2D eigenvalue weighted by Gasteiger charge is 2.22. The summed E-state index contributed by atoms with van der Waals surface area (Å²) in [6.45, 7) is 0.657. The Labute approximate surface area is 216 Å². The molecule has 9 nitrogen and oxygen atoms in total. The molecule has 194 valence electrons. The Bertz CT molecular complexity index is 1360. The molecule has 37 heavy (non-hydrogen) atoms. The van der Waals surface area contributed by atoms with Gasteiger partial charge < -0.3 is 20.1 Å². The maximum absolute atomic E-state index is 12.7. The lowest BCUT2D eigenvalue weighted by Crippen LogP contribution is -2.31. The predicted octanol–water partition coefficient (Wildman–Crippen LogP) is 3.57. The molecule has 0 saturated carbocycles. The van der Waals surface area contributed by atoms with Gasteiger partial charge in [-0.2, -0.15) is 0 Å². The van der Waals surface area contributed by atoms with Gasteiger partial charge in [0.05, 0.1) is 23.2 Å². The number of nitrogens with zero attached hydrogens (tertiary/aromatic N) is 1. The van der Waals surface area contributed by atoms with Crippen LogP contribution in [-0.2, 0) is 21.2 Å². The maximum atomic E-state index is 12.7. The van der Waals surface area contributed by atoms with Crippen LogP contribution in [0, 0.1) is 0 Å². The molecule has 1 aliphatic heterocycles. The summed E-state index contributed by atoms with van der Waals surface area (Å²) in [4.78, 5) is 25.4. The highest BCUT2D eigenvalue weighted by atomic mass is 32.2. The third kappa shape index (κ3) is 7.01. The second-order valence-electron chi connectivity index (χ2n) is 8.56. The number of nitrogens with one attached hydrogen (secondary N) is 2. The second kappa shape index (κ2) is 11.8. The van der Waals surface area contributed by atoms with E-state index < -0.39 is 10.0 Å². The van der Waals surface area contributed by atoms with Crippen LogP contribution in [0.5, 0.6) is 11.5 Å². The summed E-state index contributed by atoms with van der Waals surface area (Å²) in [5.74, 6) is 0.434. The molecule has 2 amide bonds.